The maximum Gasteiger partial charge on any atom is 0.0517 e. The first-order valence-electron chi connectivity index (χ1n) is 2.61. The van der Waals surface area contributed by atoms with E-state index in [4.69, 9.17) is 0 Å². The van der Waals surface area contributed by atoms with E-state index in [1.54, 1.807) is 0 Å². The summed E-state index contributed by atoms with van der Waals surface area (Å²) in [4.78, 5) is 0. The molecule has 0 saturated heterocycles. The van der Waals surface area contributed by atoms with Crippen molar-refractivity contribution in [3.8, 4) is 0 Å². The monoisotopic (exact) mass is 133 g/mol. The summed E-state index contributed by atoms with van der Waals surface area (Å²) in [6.45, 7) is 0. The van der Waals surface area contributed by atoms with Gasteiger partial charge >= 0.3 is 0 Å². The summed E-state index contributed by atoms with van der Waals surface area (Å²) < 4.78 is 0. The van der Waals surface area contributed by atoms with Crippen molar-refractivity contribution in [3.63, 3.8) is 0 Å². The van der Waals surface area contributed by atoms with Crippen LogP contribution in [0.2, 0.25) is 0 Å². The van der Waals surface area contributed by atoms with Crippen LogP contribution in [-0.2, 0) is 0 Å². The topological polar surface area (TPSA) is 0 Å². The standard InChI is InChI=1S/C8H5S/c9-7-6-8-4-2-1-3-5-8/h1-5H. The van der Waals surface area contributed by atoms with Crippen LogP contribution in [0.1, 0.15) is 5.56 Å². The van der Waals surface area contributed by atoms with Crippen molar-refractivity contribution < 1.29 is 0 Å². The molecular formula is C8H5S. The van der Waals surface area contributed by atoms with Crippen LogP contribution in [-0.4, -0.2) is 5.02 Å². The van der Waals surface area contributed by atoms with Crippen molar-refractivity contribution in [2.24, 2.45) is 0 Å². The van der Waals surface area contributed by atoms with E-state index in [9.17, 15) is 0 Å². The van der Waals surface area contributed by atoms with Crippen LogP contribution in [0.25, 0.3) is 0 Å². The molecule has 0 spiro atoms. The lowest BCUT2D eigenvalue weighted by atomic mass is 10.2. The van der Waals surface area contributed by atoms with Crippen molar-refractivity contribution >= 4 is 17.2 Å². The minimum Gasteiger partial charge on any atom is -0.0622 e. The van der Waals surface area contributed by atoms with Gasteiger partial charge in [0.1, 0.15) is 0 Å². The largest absolute Gasteiger partial charge is 0.0622 e. The van der Waals surface area contributed by atoms with E-state index in [0.29, 0.717) is 0 Å². The normalized spacial score (nSPS) is 8.00. The molecule has 0 fully saturated rings. The summed E-state index contributed by atoms with van der Waals surface area (Å²) >= 11 is 4.47. The number of benzene rings is 1. The SMILES string of the molecule is S=C=[C]c1ccccc1. The summed E-state index contributed by atoms with van der Waals surface area (Å²) in [5.41, 5.74) is 0.979. The Kier molecular flexibility index (Phi) is 2.20. The summed E-state index contributed by atoms with van der Waals surface area (Å²) in [5.74, 6) is 0. The maximum atomic E-state index is 4.47. The zero-order valence-electron chi connectivity index (χ0n) is 4.79. The number of rotatable bonds is 1. The third-order valence-electron chi connectivity index (χ3n) is 0.969. The Balaban J connectivity index is 2.97. The first-order chi connectivity index (χ1) is 4.43. The minimum atomic E-state index is 0.979. The highest BCUT2D eigenvalue weighted by Gasteiger charge is 1.78. The molecule has 0 aliphatic carbocycles. The molecule has 0 N–H and O–H groups in total. The Morgan fingerprint density at radius 2 is 1.78 bits per heavy atom. The molecule has 0 unspecified atom stereocenters. The Morgan fingerprint density at radius 1 is 1.11 bits per heavy atom. The maximum absolute atomic E-state index is 4.47. The number of hydrogen-bond acceptors (Lipinski definition) is 1. The first-order valence-corrected chi connectivity index (χ1v) is 3.02. The molecule has 0 aliphatic rings. The molecule has 9 heavy (non-hydrogen) atoms. The molecular weight excluding hydrogens is 128 g/mol. The fourth-order valence-electron chi connectivity index (χ4n) is 0.580. The van der Waals surface area contributed by atoms with E-state index in [1.165, 1.54) is 0 Å². The molecule has 0 aromatic heterocycles. The zero-order valence-corrected chi connectivity index (χ0v) is 5.61. The van der Waals surface area contributed by atoms with E-state index >= 15 is 0 Å². The van der Waals surface area contributed by atoms with Crippen LogP contribution in [0.3, 0.4) is 0 Å². The van der Waals surface area contributed by atoms with E-state index in [0.717, 1.165) is 5.56 Å². The smallest absolute Gasteiger partial charge is 0.0517 e. The first kappa shape index (κ1) is 6.21. The van der Waals surface area contributed by atoms with Crippen molar-refractivity contribution in [2.75, 3.05) is 0 Å². The van der Waals surface area contributed by atoms with Crippen LogP contribution >= 0.6 is 12.2 Å². The highest BCUT2D eigenvalue weighted by molar-refractivity contribution is 7.78. The van der Waals surface area contributed by atoms with Gasteiger partial charge in [-0.15, -0.1) is 0 Å². The summed E-state index contributed by atoms with van der Waals surface area (Å²) in [7, 11) is 0. The lowest BCUT2D eigenvalue weighted by molar-refractivity contribution is 1.60. The molecule has 0 aliphatic heterocycles. The third-order valence-corrected chi connectivity index (χ3v) is 1.07. The van der Waals surface area contributed by atoms with E-state index in [-0.39, 0.29) is 0 Å². The van der Waals surface area contributed by atoms with Crippen LogP contribution in [0, 0.1) is 6.08 Å². The second kappa shape index (κ2) is 3.18. The van der Waals surface area contributed by atoms with Gasteiger partial charge in [-0.2, -0.15) is 0 Å². The van der Waals surface area contributed by atoms with Crippen LogP contribution in [0.15, 0.2) is 30.3 Å². The van der Waals surface area contributed by atoms with Gasteiger partial charge in [0.25, 0.3) is 0 Å². The molecule has 43 valence electrons. The fraction of sp³-hybridized carbons (Fsp3) is 0. The molecule has 1 heteroatoms. The fourth-order valence-corrected chi connectivity index (χ4v) is 0.698. The number of hydrogen-bond donors (Lipinski definition) is 0. The molecule has 0 nitrogen and oxygen atoms in total. The second-order valence-corrected chi connectivity index (χ2v) is 1.80. The molecule has 0 bridgehead atoms. The average molecular weight is 133 g/mol. The Morgan fingerprint density at radius 3 is 2.33 bits per heavy atom. The molecule has 0 heterocycles. The van der Waals surface area contributed by atoms with Gasteiger partial charge in [-0.1, -0.05) is 30.3 Å². The van der Waals surface area contributed by atoms with Crippen LogP contribution in [0.4, 0.5) is 0 Å². The van der Waals surface area contributed by atoms with Gasteiger partial charge in [0.2, 0.25) is 0 Å². The Bertz CT molecular complexity index is 220. The quantitative estimate of drug-likeness (QED) is 0.528. The zero-order chi connectivity index (χ0) is 6.53. The van der Waals surface area contributed by atoms with Gasteiger partial charge in [0.05, 0.1) is 6.08 Å². The van der Waals surface area contributed by atoms with Crippen molar-refractivity contribution in [1.82, 2.24) is 0 Å². The van der Waals surface area contributed by atoms with Gasteiger partial charge in [0, 0.05) is 0 Å². The lowest BCUT2D eigenvalue weighted by Gasteiger charge is -1.83. The van der Waals surface area contributed by atoms with Gasteiger partial charge < -0.3 is 0 Å². The van der Waals surface area contributed by atoms with Gasteiger partial charge in [-0.25, -0.2) is 0 Å². The Hall–Kier alpha value is -0.910. The predicted octanol–water partition coefficient (Wildman–Crippen LogP) is 1.99. The molecule has 1 aromatic carbocycles. The van der Waals surface area contributed by atoms with Gasteiger partial charge in [-0.05, 0) is 22.8 Å². The average Bonchev–Trinajstić information content (AvgIpc) is 1.91. The molecule has 1 radical (unpaired) electrons. The summed E-state index contributed by atoms with van der Waals surface area (Å²) in [5, 5.41) is 2.42. The Labute approximate surface area is 59.8 Å². The van der Waals surface area contributed by atoms with Crippen LogP contribution < -0.4 is 0 Å². The lowest BCUT2D eigenvalue weighted by Crippen LogP contribution is -1.68. The highest BCUT2D eigenvalue weighted by Crippen LogP contribution is 1.94. The van der Waals surface area contributed by atoms with Crippen molar-refractivity contribution in [1.29, 1.82) is 0 Å². The van der Waals surface area contributed by atoms with E-state index in [1.807, 2.05) is 30.3 Å². The highest BCUT2D eigenvalue weighted by atomic mass is 32.1. The predicted molar refractivity (Wildman–Crippen MR) is 41.4 cm³/mol. The third kappa shape index (κ3) is 1.80. The molecule has 1 aromatic rings. The molecule has 0 atom stereocenters. The molecule has 0 amide bonds. The molecule has 0 saturated carbocycles. The van der Waals surface area contributed by atoms with Crippen LogP contribution in [0.5, 0.6) is 0 Å². The second-order valence-electron chi connectivity index (χ2n) is 1.59. The van der Waals surface area contributed by atoms with Gasteiger partial charge in [-0.3, -0.25) is 0 Å². The van der Waals surface area contributed by atoms with E-state index in [2.05, 4.69) is 23.3 Å². The summed E-state index contributed by atoms with van der Waals surface area (Å²) in [6, 6.07) is 9.69. The van der Waals surface area contributed by atoms with Crippen molar-refractivity contribution in [3.05, 3.63) is 42.0 Å². The number of thiocarbonyl (C=S) groups is 1. The minimum absolute atomic E-state index is 0.979. The van der Waals surface area contributed by atoms with E-state index < -0.39 is 0 Å². The molecule has 1 rings (SSSR count). The van der Waals surface area contributed by atoms with Gasteiger partial charge in [0.15, 0.2) is 0 Å². The van der Waals surface area contributed by atoms with Crippen molar-refractivity contribution in [2.45, 2.75) is 0 Å². The summed E-state index contributed by atoms with van der Waals surface area (Å²) in [6.07, 6.45) is 2.77.